The van der Waals surface area contributed by atoms with E-state index in [0.29, 0.717) is 37.8 Å². The molecule has 28 heavy (non-hydrogen) atoms. The molecule has 0 aliphatic heterocycles. The SMILES string of the molecule is CCO[Si](CCCOC(O)COC(=O)c1cc(C)cc(C)c1)(OCC)OCC. The Morgan fingerprint density at radius 3 is 2.04 bits per heavy atom. The van der Waals surface area contributed by atoms with Gasteiger partial charge in [0, 0.05) is 32.5 Å². The molecule has 1 atom stereocenters. The fraction of sp³-hybridized carbons (Fsp3) is 0.650. The molecule has 0 amide bonds. The molecule has 0 spiro atoms. The Morgan fingerprint density at radius 1 is 1.00 bits per heavy atom. The zero-order valence-corrected chi connectivity index (χ0v) is 18.7. The second-order valence-electron chi connectivity index (χ2n) is 6.39. The summed E-state index contributed by atoms with van der Waals surface area (Å²) in [6.07, 6.45) is -0.578. The van der Waals surface area contributed by atoms with Crippen LogP contribution in [0.1, 0.15) is 48.7 Å². The number of esters is 1. The summed E-state index contributed by atoms with van der Waals surface area (Å²) in [6, 6.07) is 6.08. The van der Waals surface area contributed by atoms with E-state index in [9.17, 15) is 9.90 Å². The maximum Gasteiger partial charge on any atom is 0.501 e. The zero-order valence-electron chi connectivity index (χ0n) is 17.7. The quantitative estimate of drug-likeness (QED) is 0.216. The van der Waals surface area contributed by atoms with Crippen molar-refractivity contribution < 1.29 is 32.7 Å². The molecule has 0 fully saturated rings. The Kier molecular flexibility index (Phi) is 11.5. The number of aliphatic hydroxyl groups excluding tert-OH is 1. The Morgan fingerprint density at radius 2 is 1.54 bits per heavy atom. The topological polar surface area (TPSA) is 83.5 Å². The molecule has 160 valence electrons. The minimum absolute atomic E-state index is 0.225. The smallest absolute Gasteiger partial charge is 0.457 e. The van der Waals surface area contributed by atoms with Crippen molar-refractivity contribution in [1.82, 2.24) is 0 Å². The van der Waals surface area contributed by atoms with Crippen LogP contribution in [-0.2, 0) is 22.8 Å². The lowest BCUT2D eigenvalue weighted by atomic mass is 10.1. The van der Waals surface area contributed by atoms with E-state index in [0.717, 1.165) is 11.1 Å². The number of hydrogen-bond acceptors (Lipinski definition) is 7. The summed E-state index contributed by atoms with van der Waals surface area (Å²) >= 11 is 0. The van der Waals surface area contributed by atoms with Gasteiger partial charge in [-0.1, -0.05) is 17.2 Å². The molecular weight excluding hydrogens is 380 g/mol. The zero-order chi connectivity index (χ0) is 21.0. The van der Waals surface area contributed by atoms with Crippen LogP contribution in [0.3, 0.4) is 0 Å². The van der Waals surface area contributed by atoms with Gasteiger partial charge in [0.1, 0.15) is 6.61 Å². The van der Waals surface area contributed by atoms with Gasteiger partial charge in [0.05, 0.1) is 5.56 Å². The van der Waals surface area contributed by atoms with E-state index in [2.05, 4.69) is 0 Å². The average molecular weight is 415 g/mol. The summed E-state index contributed by atoms with van der Waals surface area (Å²) in [5, 5.41) is 9.91. The van der Waals surface area contributed by atoms with E-state index in [1.165, 1.54) is 0 Å². The molecule has 0 aliphatic carbocycles. The summed E-state index contributed by atoms with van der Waals surface area (Å²) in [4.78, 5) is 12.1. The Hall–Kier alpha value is -1.29. The molecule has 1 unspecified atom stereocenters. The molecule has 7 nitrogen and oxygen atoms in total. The number of ether oxygens (including phenoxy) is 2. The van der Waals surface area contributed by atoms with Gasteiger partial charge in [0.2, 0.25) is 0 Å². The first-order valence-electron chi connectivity index (χ1n) is 9.82. The third-order valence-electron chi connectivity index (χ3n) is 3.84. The lowest BCUT2D eigenvalue weighted by molar-refractivity contribution is -0.127. The summed E-state index contributed by atoms with van der Waals surface area (Å²) in [6.45, 7) is 11.2. The second-order valence-corrected chi connectivity index (χ2v) is 9.12. The van der Waals surface area contributed by atoms with Crippen LogP contribution < -0.4 is 0 Å². The van der Waals surface area contributed by atoms with E-state index >= 15 is 0 Å². The van der Waals surface area contributed by atoms with E-state index in [-0.39, 0.29) is 13.2 Å². The van der Waals surface area contributed by atoms with E-state index in [4.69, 9.17) is 22.8 Å². The molecule has 0 radical (unpaired) electrons. The minimum atomic E-state index is -2.71. The van der Waals surface area contributed by atoms with Crippen molar-refractivity contribution in [2.75, 3.05) is 33.0 Å². The number of hydrogen-bond donors (Lipinski definition) is 1. The first-order valence-corrected chi connectivity index (χ1v) is 11.8. The first-order chi connectivity index (χ1) is 13.4. The molecule has 0 aromatic heterocycles. The molecule has 0 bridgehead atoms. The van der Waals surface area contributed by atoms with Gasteiger partial charge in [-0.2, -0.15) is 0 Å². The van der Waals surface area contributed by atoms with Crippen molar-refractivity contribution in [3.63, 3.8) is 0 Å². The van der Waals surface area contributed by atoms with Crippen LogP contribution in [0.4, 0.5) is 0 Å². The van der Waals surface area contributed by atoms with Crippen LogP contribution in [0, 0.1) is 13.8 Å². The summed E-state index contributed by atoms with van der Waals surface area (Å²) < 4.78 is 27.8. The van der Waals surface area contributed by atoms with Gasteiger partial charge in [0.25, 0.3) is 0 Å². The van der Waals surface area contributed by atoms with Crippen LogP contribution in [0.15, 0.2) is 18.2 Å². The summed E-state index contributed by atoms with van der Waals surface area (Å²) in [5.74, 6) is -0.482. The van der Waals surface area contributed by atoms with E-state index in [1.54, 1.807) is 12.1 Å². The molecule has 1 aromatic carbocycles. The monoisotopic (exact) mass is 414 g/mol. The lowest BCUT2D eigenvalue weighted by Gasteiger charge is -2.28. The Labute approximate surface area is 169 Å². The summed E-state index contributed by atoms with van der Waals surface area (Å²) in [7, 11) is -2.71. The Bertz CT molecular complexity index is 557. The van der Waals surface area contributed by atoms with Crippen molar-refractivity contribution >= 4 is 14.8 Å². The predicted octanol–water partition coefficient (Wildman–Crippen LogP) is 3.23. The molecule has 1 aromatic rings. The highest BCUT2D eigenvalue weighted by Gasteiger charge is 2.39. The van der Waals surface area contributed by atoms with Gasteiger partial charge in [-0.3, -0.25) is 0 Å². The normalized spacial score (nSPS) is 12.8. The van der Waals surface area contributed by atoms with Crippen LogP contribution >= 0.6 is 0 Å². The molecule has 0 saturated carbocycles. The molecule has 8 heteroatoms. The summed E-state index contributed by atoms with van der Waals surface area (Å²) in [5.41, 5.74) is 2.43. The fourth-order valence-electron chi connectivity index (χ4n) is 2.88. The van der Waals surface area contributed by atoms with Gasteiger partial charge < -0.3 is 27.9 Å². The third kappa shape index (κ3) is 8.81. The number of carbonyl (C=O) groups is 1. The van der Waals surface area contributed by atoms with E-state index < -0.39 is 21.1 Å². The first kappa shape index (κ1) is 24.7. The number of benzene rings is 1. The largest absolute Gasteiger partial charge is 0.501 e. The predicted molar refractivity (Wildman–Crippen MR) is 108 cm³/mol. The number of aryl methyl sites for hydroxylation is 2. The number of carbonyl (C=O) groups excluding carboxylic acids is 1. The van der Waals surface area contributed by atoms with Crippen molar-refractivity contribution in [3.05, 3.63) is 34.9 Å². The van der Waals surface area contributed by atoms with Crippen LogP contribution in [0.2, 0.25) is 6.04 Å². The maximum atomic E-state index is 12.1. The van der Waals surface area contributed by atoms with Gasteiger partial charge in [-0.15, -0.1) is 0 Å². The minimum Gasteiger partial charge on any atom is -0.457 e. The van der Waals surface area contributed by atoms with Gasteiger partial charge in [0.15, 0.2) is 6.29 Å². The number of aliphatic hydroxyl groups is 1. The van der Waals surface area contributed by atoms with Crippen LogP contribution in [-0.4, -0.2) is 59.2 Å². The van der Waals surface area contributed by atoms with Crippen molar-refractivity contribution in [2.24, 2.45) is 0 Å². The van der Waals surface area contributed by atoms with Crippen molar-refractivity contribution in [3.8, 4) is 0 Å². The molecule has 0 aliphatic rings. The lowest BCUT2D eigenvalue weighted by Crippen LogP contribution is -2.46. The molecule has 0 heterocycles. The molecular formula is C20H34O7Si. The van der Waals surface area contributed by atoms with Gasteiger partial charge in [-0.05, 0) is 53.2 Å². The molecule has 1 N–H and O–H groups in total. The van der Waals surface area contributed by atoms with Gasteiger partial charge in [-0.25, -0.2) is 4.79 Å². The highest BCUT2D eigenvalue weighted by molar-refractivity contribution is 6.60. The van der Waals surface area contributed by atoms with E-state index in [1.807, 2.05) is 40.7 Å². The van der Waals surface area contributed by atoms with Crippen molar-refractivity contribution in [1.29, 1.82) is 0 Å². The number of rotatable bonds is 14. The van der Waals surface area contributed by atoms with Gasteiger partial charge >= 0.3 is 14.8 Å². The van der Waals surface area contributed by atoms with Crippen LogP contribution in [0.5, 0.6) is 0 Å². The highest BCUT2D eigenvalue weighted by atomic mass is 28.4. The second kappa shape index (κ2) is 13.0. The maximum absolute atomic E-state index is 12.1. The Balaban J connectivity index is 2.39. The fourth-order valence-corrected chi connectivity index (χ4v) is 5.46. The van der Waals surface area contributed by atoms with Crippen molar-refractivity contribution in [2.45, 2.75) is 53.4 Å². The highest BCUT2D eigenvalue weighted by Crippen LogP contribution is 2.18. The van der Waals surface area contributed by atoms with Crippen LogP contribution in [0.25, 0.3) is 0 Å². The molecule has 1 rings (SSSR count). The third-order valence-corrected chi connectivity index (χ3v) is 7.00. The average Bonchev–Trinajstić information content (AvgIpc) is 2.63. The standard InChI is InChI=1S/C20H34O7Si/c1-6-25-28(26-7-2,27-8-3)11-9-10-23-19(21)15-24-20(22)18-13-16(4)12-17(5)14-18/h12-14,19,21H,6-11,15H2,1-5H3. The molecule has 0 saturated heterocycles.